The number of aryl methyl sites for hydroxylation is 1. The summed E-state index contributed by atoms with van der Waals surface area (Å²) < 4.78 is 17.1. The van der Waals surface area contributed by atoms with Crippen LogP contribution in [0.2, 0.25) is 0 Å². The number of fused-ring (bicyclic) bond motifs is 2. The van der Waals surface area contributed by atoms with Crippen molar-refractivity contribution in [3.8, 4) is 17.2 Å². The molecule has 2 heterocycles. The van der Waals surface area contributed by atoms with Crippen LogP contribution in [-0.4, -0.2) is 24.3 Å². The molecule has 0 unspecified atom stereocenters. The van der Waals surface area contributed by atoms with Crippen LogP contribution in [0.15, 0.2) is 36.4 Å². The molecule has 1 N–H and O–H groups in total. The zero-order valence-corrected chi connectivity index (χ0v) is 13.7. The Hall–Kier alpha value is -2.80. The van der Waals surface area contributed by atoms with Gasteiger partial charge in [-0.05, 0) is 24.6 Å². The molecule has 0 saturated heterocycles. The molecule has 0 fully saturated rings. The predicted molar refractivity (Wildman–Crippen MR) is 91.0 cm³/mol. The number of hydrogen-bond donors (Lipinski definition) is 1. The van der Waals surface area contributed by atoms with Crippen molar-refractivity contribution < 1.29 is 19.0 Å². The minimum absolute atomic E-state index is 0.0674. The Labute approximate surface area is 142 Å². The van der Waals surface area contributed by atoms with Gasteiger partial charge >= 0.3 is 0 Å². The normalized spacial score (nSPS) is 12.4. The molecule has 2 aromatic carbocycles. The van der Waals surface area contributed by atoms with Crippen molar-refractivity contribution in [3.05, 3.63) is 42.0 Å². The Morgan fingerprint density at radius 1 is 1.29 bits per heavy atom. The third-order valence-electron chi connectivity index (χ3n) is 3.49. The van der Waals surface area contributed by atoms with Gasteiger partial charge in [-0.25, -0.2) is 4.98 Å². The number of benzene rings is 2. The van der Waals surface area contributed by atoms with Crippen molar-refractivity contribution >= 4 is 32.6 Å². The van der Waals surface area contributed by atoms with Gasteiger partial charge in [0, 0.05) is 12.1 Å². The van der Waals surface area contributed by atoms with E-state index in [1.807, 2.05) is 43.3 Å². The number of rotatable bonds is 4. The van der Waals surface area contributed by atoms with E-state index in [9.17, 15) is 4.79 Å². The Morgan fingerprint density at radius 2 is 2.12 bits per heavy atom. The highest BCUT2D eigenvalue weighted by atomic mass is 32.1. The van der Waals surface area contributed by atoms with Gasteiger partial charge in [0.25, 0.3) is 5.91 Å². The molecule has 0 spiro atoms. The van der Waals surface area contributed by atoms with Crippen molar-refractivity contribution in [2.75, 3.05) is 18.7 Å². The second-order valence-corrected chi connectivity index (χ2v) is 6.38. The van der Waals surface area contributed by atoms with Crippen LogP contribution in [0, 0.1) is 6.92 Å². The summed E-state index contributed by atoms with van der Waals surface area (Å²) in [5.41, 5.74) is 1.84. The Bertz CT molecular complexity index is 881. The highest BCUT2D eigenvalue weighted by molar-refractivity contribution is 7.22. The number of ether oxygens (including phenoxy) is 3. The molecule has 4 rings (SSSR count). The van der Waals surface area contributed by atoms with Gasteiger partial charge in [-0.15, -0.1) is 0 Å². The molecule has 0 radical (unpaired) electrons. The first-order valence-electron chi connectivity index (χ1n) is 7.37. The quantitative estimate of drug-likeness (QED) is 0.787. The molecule has 0 aliphatic carbocycles. The van der Waals surface area contributed by atoms with Crippen LogP contribution in [0.1, 0.15) is 5.56 Å². The lowest BCUT2D eigenvalue weighted by atomic mass is 10.2. The molecule has 6 nitrogen and oxygen atoms in total. The summed E-state index contributed by atoms with van der Waals surface area (Å²) in [6.45, 7) is 2.13. The van der Waals surface area contributed by atoms with Crippen LogP contribution in [-0.2, 0) is 4.79 Å². The molecule has 3 aromatic rings. The van der Waals surface area contributed by atoms with E-state index in [0.29, 0.717) is 22.4 Å². The highest BCUT2D eigenvalue weighted by Crippen LogP contribution is 2.38. The molecule has 1 aromatic heterocycles. The lowest BCUT2D eigenvalue weighted by Crippen LogP contribution is -2.20. The summed E-state index contributed by atoms with van der Waals surface area (Å²) in [5.74, 6) is 1.79. The average molecular weight is 342 g/mol. The molecule has 1 amide bonds. The van der Waals surface area contributed by atoms with Gasteiger partial charge in [-0.2, -0.15) is 0 Å². The second-order valence-electron chi connectivity index (χ2n) is 5.35. The number of carbonyl (C=O) groups excluding carboxylic acids is 1. The minimum atomic E-state index is -0.254. The maximum atomic E-state index is 12.0. The monoisotopic (exact) mass is 342 g/mol. The van der Waals surface area contributed by atoms with E-state index >= 15 is 0 Å². The van der Waals surface area contributed by atoms with Gasteiger partial charge in [0.1, 0.15) is 5.75 Å². The fourth-order valence-electron chi connectivity index (χ4n) is 2.38. The van der Waals surface area contributed by atoms with E-state index in [1.54, 1.807) is 0 Å². The van der Waals surface area contributed by atoms with Crippen molar-refractivity contribution in [1.29, 1.82) is 0 Å². The van der Waals surface area contributed by atoms with Crippen molar-refractivity contribution in [3.63, 3.8) is 0 Å². The van der Waals surface area contributed by atoms with Crippen molar-refractivity contribution in [2.45, 2.75) is 6.92 Å². The van der Waals surface area contributed by atoms with E-state index in [-0.39, 0.29) is 19.3 Å². The number of anilines is 1. The lowest BCUT2D eigenvalue weighted by molar-refractivity contribution is -0.118. The fraction of sp³-hybridized carbons (Fsp3) is 0.176. The zero-order chi connectivity index (χ0) is 16.5. The molecule has 0 atom stereocenters. The minimum Gasteiger partial charge on any atom is -0.484 e. The maximum Gasteiger partial charge on any atom is 0.264 e. The molecule has 1 aliphatic rings. The van der Waals surface area contributed by atoms with E-state index in [0.717, 1.165) is 15.8 Å². The lowest BCUT2D eigenvalue weighted by Gasteiger charge is -2.06. The number of nitrogens with zero attached hydrogens (tertiary/aromatic N) is 1. The molecule has 24 heavy (non-hydrogen) atoms. The van der Waals surface area contributed by atoms with E-state index in [2.05, 4.69) is 10.3 Å². The first kappa shape index (κ1) is 14.8. The average Bonchev–Trinajstić information content (AvgIpc) is 3.15. The standard InChI is InChI=1S/C17H14N2O4S/c1-10-3-2-4-11(5-10)21-8-16(20)19-17-18-12-6-13-14(23-9-22-13)7-15(12)24-17/h2-7H,8-9H2,1H3,(H,18,19,20). The van der Waals surface area contributed by atoms with E-state index in [4.69, 9.17) is 14.2 Å². The molecule has 0 saturated carbocycles. The topological polar surface area (TPSA) is 69.7 Å². The Balaban J connectivity index is 1.43. The SMILES string of the molecule is Cc1cccc(OCC(=O)Nc2nc3cc4c(cc3s2)OCO4)c1. The first-order chi connectivity index (χ1) is 11.7. The first-order valence-corrected chi connectivity index (χ1v) is 8.18. The van der Waals surface area contributed by atoms with Crippen LogP contribution >= 0.6 is 11.3 Å². The van der Waals surface area contributed by atoms with E-state index < -0.39 is 0 Å². The number of hydrogen-bond acceptors (Lipinski definition) is 6. The van der Waals surface area contributed by atoms with Crippen LogP contribution < -0.4 is 19.5 Å². The Morgan fingerprint density at radius 3 is 2.96 bits per heavy atom. The summed E-state index contributed by atoms with van der Waals surface area (Å²) in [4.78, 5) is 16.4. The maximum absolute atomic E-state index is 12.0. The number of carbonyl (C=O) groups is 1. The molecular formula is C17H14N2O4S. The predicted octanol–water partition coefficient (Wildman–Crippen LogP) is 3.35. The molecule has 122 valence electrons. The van der Waals surface area contributed by atoms with Gasteiger partial charge in [0.05, 0.1) is 10.2 Å². The van der Waals surface area contributed by atoms with Crippen LogP contribution in [0.4, 0.5) is 5.13 Å². The summed E-state index contributed by atoms with van der Waals surface area (Å²) in [6.07, 6.45) is 0. The van der Waals surface area contributed by atoms with Crippen LogP contribution in [0.25, 0.3) is 10.2 Å². The van der Waals surface area contributed by atoms with Crippen molar-refractivity contribution in [2.24, 2.45) is 0 Å². The smallest absolute Gasteiger partial charge is 0.264 e. The molecule has 1 aliphatic heterocycles. The van der Waals surface area contributed by atoms with Gasteiger partial charge in [-0.3, -0.25) is 10.1 Å². The molecule has 0 bridgehead atoms. The van der Waals surface area contributed by atoms with Gasteiger partial charge < -0.3 is 14.2 Å². The van der Waals surface area contributed by atoms with Gasteiger partial charge in [0.15, 0.2) is 23.2 Å². The van der Waals surface area contributed by atoms with Crippen molar-refractivity contribution in [1.82, 2.24) is 4.98 Å². The number of nitrogens with one attached hydrogen (secondary N) is 1. The summed E-state index contributed by atoms with van der Waals surface area (Å²) in [7, 11) is 0. The van der Waals surface area contributed by atoms with Gasteiger partial charge in [0.2, 0.25) is 6.79 Å². The number of aromatic nitrogens is 1. The Kier molecular flexibility index (Phi) is 3.70. The number of amides is 1. The second kappa shape index (κ2) is 6.01. The number of thiazole rings is 1. The van der Waals surface area contributed by atoms with Crippen LogP contribution in [0.5, 0.6) is 17.2 Å². The fourth-order valence-corrected chi connectivity index (χ4v) is 3.27. The largest absolute Gasteiger partial charge is 0.484 e. The summed E-state index contributed by atoms with van der Waals surface area (Å²) in [6, 6.07) is 11.2. The van der Waals surface area contributed by atoms with E-state index in [1.165, 1.54) is 11.3 Å². The third kappa shape index (κ3) is 2.98. The zero-order valence-electron chi connectivity index (χ0n) is 12.9. The third-order valence-corrected chi connectivity index (χ3v) is 4.42. The molecular weight excluding hydrogens is 328 g/mol. The summed E-state index contributed by atoms with van der Waals surface area (Å²) >= 11 is 1.38. The van der Waals surface area contributed by atoms with Crippen LogP contribution in [0.3, 0.4) is 0 Å². The van der Waals surface area contributed by atoms with Gasteiger partial charge in [-0.1, -0.05) is 23.5 Å². The summed E-state index contributed by atoms with van der Waals surface area (Å²) in [5, 5.41) is 3.27. The highest BCUT2D eigenvalue weighted by Gasteiger charge is 2.17. The molecule has 7 heteroatoms.